The molecule has 0 saturated heterocycles. The molecule has 0 spiro atoms. The summed E-state index contributed by atoms with van der Waals surface area (Å²) >= 11 is 0. The van der Waals surface area contributed by atoms with E-state index in [2.05, 4.69) is 4.99 Å². The van der Waals surface area contributed by atoms with Crippen molar-refractivity contribution in [1.29, 1.82) is 0 Å². The molecular formula is C23H21F4NO4. The number of ether oxygens (including phenoxy) is 1. The van der Waals surface area contributed by atoms with Gasteiger partial charge in [0.25, 0.3) is 0 Å². The van der Waals surface area contributed by atoms with Crippen LogP contribution in [0.2, 0.25) is 0 Å². The minimum absolute atomic E-state index is 0.0669. The Morgan fingerprint density at radius 2 is 1.84 bits per heavy atom. The Kier molecular flexibility index (Phi) is 6.41. The van der Waals surface area contributed by atoms with Crippen LogP contribution in [0.4, 0.5) is 23.2 Å². The molecule has 3 aromatic rings. The molecule has 1 aromatic heterocycles. The minimum Gasteiger partial charge on any atom is -0.496 e. The summed E-state index contributed by atoms with van der Waals surface area (Å²) in [6.07, 6.45) is -3.51. The van der Waals surface area contributed by atoms with Crippen molar-refractivity contribution in [2.24, 2.45) is 10.9 Å². The summed E-state index contributed by atoms with van der Waals surface area (Å²) in [4.78, 5) is 15.7. The van der Waals surface area contributed by atoms with Crippen LogP contribution in [0.3, 0.4) is 0 Å². The van der Waals surface area contributed by atoms with Crippen LogP contribution in [0.15, 0.2) is 62.9 Å². The van der Waals surface area contributed by atoms with Crippen LogP contribution in [0.1, 0.15) is 25.3 Å². The maximum absolute atomic E-state index is 14.1. The summed E-state index contributed by atoms with van der Waals surface area (Å²) in [5, 5.41) is 11.2. The van der Waals surface area contributed by atoms with Crippen molar-refractivity contribution in [1.82, 2.24) is 0 Å². The Morgan fingerprint density at radius 3 is 2.50 bits per heavy atom. The minimum atomic E-state index is -5.07. The van der Waals surface area contributed by atoms with Gasteiger partial charge in [-0.05, 0) is 35.7 Å². The Labute approximate surface area is 181 Å². The highest BCUT2D eigenvalue weighted by molar-refractivity contribution is 5.93. The number of rotatable bonds is 6. The van der Waals surface area contributed by atoms with Gasteiger partial charge in [-0.25, -0.2) is 9.18 Å². The van der Waals surface area contributed by atoms with Crippen LogP contribution in [-0.4, -0.2) is 30.2 Å². The SMILES string of the molecule is COc1cc(F)ccc1C(C)C(C)C(O)(/C=N/c1cccc2c(=O)occc12)C(F)(F)F. The van der Waals surface area contributed by atoms with Crippen LogP contribution >= 0.6 is 0 Å². The maximum atomic E-state index is 14.1. The molecule has 5 nitrogen and oxygen atoms in total. The van der Waals surface area contributed by atoms with E-state index >= 15 is 0 Å². The van der Waals surface area contributed by atoms with Crippen LogP contribution < -0.4 is 10.4 Å². The van der Waals surface area contributed by atoms with Crippen LogP contribution in [0, 0.1) is 11.7 Å². The van der Waals surface area contributed by atoms with Gasteiger partial charge in [-0.15, -0.1) is 0 Å². The second kappa shape index (κ2) is 8.74. The molecule has 32 heavy (non-hydrogen) atoms. The molecule has 170 valence electrons. The van der Waals surface area contributed by atoms with Crippen molar-refractivity contribution in [2.45, 2.75) is 31.5 Å². The Balaban J connectivity index is 2.06. The molecule has 1 N–H and O–H groups in total. The van der Waals surface area contributed by atoms with E-state index in [1.54, 1.807) is 0 Å². The van der Waals surface area contributed by atoms with Gasteiger partial charge in [0.05, 0.1) is 24.4 Å². The van der Waals surface area contributed by atoms with E-state index in [0.717, 1.165) is 18.4 Å². The van der Waals surface area contributed by atoms with E-state index < -0.39 is 35.1 Å². The number of hydrogen-bond acceptors (Lipinski definition) is 5. The first kappa shape index (κ1) is 23.5. The van der Waals surface area contributed by atoms with Gasteiger partial charge in [0.2, 0.25) is 0 Å². The molecule has 0 saturated carbocycles. The summed E-state index contributed by atoms with van der Waals surface area (Å²) < 4.78 is 65.6. The second-order valence-electron chi connectivity index (χ2n) is 7.49. The molecule has 0 aliphatic heterocycles. The van der Waals surface area contributed by atoms with Crippen molar-refractivity contribution >= 4 is 22.7 Å². The van der Waals surface area contributed by atoms with Gasteiger partial charge in [0, 0.05) is 23.6 Å². The van der Waals surface area contributed by atoms with Crippen molar-refractivity contribution < 1.29 is 31.8 Å². The molecule has 0 aliphatic carbocycles. The molecule has 3 atom stereocenters. The molecule has 3 unspecified atom stereocenters. The monoisotopic (exact) mass is 451 g/mol. The van der Waals surface area contributed by atoms with E-state index in [-0.39, 0.29) is 22.2 Å². The first-order chi connectivity index (χ1) is 15.0. The topological polar surface area (TPSA) is 72.0 Å². The number of alkyl halides is 3. The average molecular weight is 451 g/mol. The molecule has 1 heterocycles. The van der Waals surface area contributed by atoms with Gasteiger partial charge in [0.15, 0.2) is 5.60 Å². The van der Waals surface area contributed by atoms with Gasteiger partial charge in [-0.2, -0.15) is 13.2 Å². The first-order valence-corrected chi connectivity index (χ1v) is 9.68. The molecular weight excluding hydrogens is 430 g/mol. The Bertz CT molecular complexity index is 1200. The third kappa shape index (κ3) is 4.25. The number of methoxy groups -OCH3 is 1. The fourth-order valence-corrected chi connectivity index (χ4v) is 3.57. The number of aliphatic imine (C=N–C) groups is 1. The number of benzene rings is 2. The highest BCUT2D eigenvalue weighted by atomic mass is 19.4. The van der Waals surface area contributed by atoms with Gasteiger partial charge in [-0.1, -0.05) is 26.0 Å². The van der Waals surface area contributed by atoms with E-state index in [1.165, 1.54) is 51.3 Å². The van der Waals surface area contributed by atoms with Crippen LogP contribution in [0.25, 0.3) is 10.8 Å². The van der Waals surface area contributed by atoms with Gasteiger partial charge in [0.1, 0.15) is 11.6 Å². The second-order valence-corrected chi connectivity index (χ2v) is 7.49. The van der Waals surface area contributed by atoms with E-state index in [4.69, 9.17) is 9.15 Å². The molecule has 9 heteroatoms. The predicted octanol–water partition coefficient (Wildman–Crippen LogP) is 5.38. The largest absolute Gasteiger partial charge is 0.496 e. The average Bonchev–Trinajstić information content (AvgIpc) is 2.75. The summed E-state index contributed by atoms with van der Waals surface area (Å²) in [7, 11) is 1.28. The fraction of sp³-hybridized carbons (Fsp3) is 0.304. The number of halogens is 4. The quantitative estimate of drug-likeness (QED) is 0.404. The number of hydrogen-bond donors (Lipinski definition) is 1. The molecule has 3 rings (SSSR count). The highest BCUT2D eigenvalue weighted by Crippen LogP contribution is 2.44. The lowest BCUT2D eigenvalue weighted by molar-refractivity contribution is -0.246. The molecule has 0 aliphatic rings. The summed E-state index contributed by atoms with van der Waals surface area (Å²) in [6.45, 7) is 2.71. The lowest BCUT2D eigenvalue weighted by Crippen LogP contribution is -2.53. The zero-order valence-electron chi connectivity index (χ0n) is 17.5. The molecule has 2 aromatic carbocycles. The van der Waals surface area contributed by atoms with Crippen molar-refractivity contribution in [2.75, 3.05) is 7.11 Å². The number of aliphatic hydroxyl groups is 1. The lowest BCUT2D eigenvalue weighted by atomic mass is 9.77. The summed E-state index contributed by atoms with van der Waals surface area (Å²) in [5.41, 5.74) is -3.61. The molecule has 0 radical (unpaired) electrons. The van der Waals surface area contributed by atoms with E-state index in [9.17, 15) is 27.5 Å². The normalized spacial score (nSPS) is 16.1. The van der Waals surface area contributed by atoms with E-state index in [0.29, 0.717) is 11.8 Å². The zero-order valence-corrected chi connectivity index (χ0v) is 17.5. The number of nitrogens with zero attached hydrogens (tertiary/aromatic N) is 1. The smallest absolute Gasteiger partial charge is 0.422 e. The maximum Gasteiger partial charge on any atom is 0.422 e. The molecule has 0 fully saturated rings. The Hall–Kier alpha value is -3.20. The van der Waals surface area contributed by atoms with Crippen molar-refractivity contribution in [3.63, 3.8) is 0 Å². The Morgan fingerprint density at radius 1 is 1.12 bits per heavy atom. The standard InChI is InChI=1S/C23H21F4NO4/c1-13(16-8-7-15(24)11-20(16)31-3)14(2)22(30,23(25,26)27)12-28-19-6-4-5-18-17(19)9-10-32-21(18)29/h4-14,30H,1-3H3/b28-12+. The lowest BCUT2D eigenvalue weighted by Gasteiger charge is -2.36. The van der Waals surface area contributed by atoms with Crippen molar-refractivity contribution in [3.8, 4) is 5.75 Å². The van der Waals surface area contributed by atoms with E-state index in [1.807, 2.05) is 0 Å². The van der Waals surface area contributed by atoms with Gasteiger partial charge in [-0.3, -0.25) is 4.99 Å². The van der Waals surface area contributed by atoms with Crippen LogP contribution in [-0.2, 0) is 0 Å². The highest BCUT2D eigenvalue weighted by Gasteiger charge is 2.57. The third-order valence-electron chi connectivity index (χ3n) is 5.70. The summed E-state index contributed by atoms with van der Waals surface area (Å²) in [6, 6.07) is 9.25. The zero-order chi connectivity index (χ0) is 23.7. The predicted molar refractivity (Wildman–Crippen MR) is 112 cm³/mol. The molecule has 0 amide bonds. The third-order valence-corrected chi connectivity index (χ3v) is 5.70. The summed E-state index contributed by atoms with van der Waals surface area (Å²) in [5.74, 6) is -2.83. The van der Waals surface area contributed by atoms with Crippen LogP contribution in [0.5, 0.6) is 5.75 Å². The van der Waals surface area contributed by atoms with Crippen molar-refractivity contribution in [3.05, 3.63) is 70.5 Å². The first-order valence-electron chi connectivity index (χ1n) is 9.68. The molecule has 0 bridgehead atoms. The number of fused-ring (bicyclic) bond motifs is 1. The van der Waals surface area contributed by atoms with Gasteiger partial charge < -0.3 is 14.3 Å². The van der Waals surface area contributed by atoms with Gasteiger partial charge >= 0.3 is 11.8 Å². The fourth-order valence-electron chi connectivity index (χ4n) is 3.57.